The molecule has 1 unspecified atom stereocenters. The fourth-order valence-corrected chi connectivity index (χ4v) is 1.37. The van der Waals surface area contributed by atoms with E-state index in [1.807, 2.05) is 12.1 Å². The molecule has 1 atom stereocenters. The number of pyridine rings is 1. The Labute approximate surface area is 89.1 Å². The third kappa shape index (κ3) is 3.02. The summed E-state index contributed by atoms with van der Waals surface area (Å²) in [6, 6.07) is 3.35. The smallest absolute Gasteiger partial charge is 0.309 e. The van der Waals surface area contributed by atoms with Gasteiger partial charge < -0.3 is 10.8 Å². The molecule has 82 valence electrons. The summed E-state index contributed by atoms with van der Waals surface area (Å²) < 4.78 is 0. The Morgan fingerprint density at radius 2 is 2.07 bits per heavy atom. The number of aliphatic carboxylic acids is 1. The largest absolute Gasteiger partial charge is 0.481 e. The van der Waals surface area contributed by atoms with E-state index in [-0.39, 0.29) is 6.04 Å². The predicted octanol–water partition coefficient (Wildman–Crippen LogP) is 1.58. The minimum Gasteiger partial charge on any atom is -0.481 e. The van der Waals surface area contributed by atoms with Crippen molar-refractivity contribution in [2.75, 3.05) is 0 Å². The van der Waals surface area contributed by atoms with Crippen molar-refractivity contribution in [3.8, 4) is 0 Å². The lowest BCUT2D eigenvalue weighted by molar-refractivity contribution is -0.147. The number of nitrogens with zero attached hydrogens (tertiary/aromatic N) is 1. The van der Waals surface area contributed by atoms with E-state index in [1.165, 1.54) is 0 Å². The van der Waals surface area contributed by atoms with Gasteiger partial charge in [-0.2, -0.15) is 0 Å². The summed E-state index contributed by atoms with van der Waals surface area (Å²) in [5, 5.41) is 8.97. The molecule has 0 radical (unpaired) electrons. The van der Waals surface area contributed by atoms with E-state index in [0.29, 0.717) is 6.42 Å². The number of aromatic nitrogens is 1. The first-order chi connectivity index (χ1) is 6.93. The van der Waals surface area contributed by atoms with Gasteiger partial charge in [-0.05, 0) is 38.0 Å². The van der Waals surface area contributed by atoms with Crippen LogP contribution < -0.4 is 5.73 Å². The molecule has 0 spiro atoms. The van der Waals surface area contributed by atoms with Crippen molar-refractivity contribution in [2.45, 2.75) is 26.3 Å². The molecule has 4 heteroatoms. The van der Waals surface area contributed by atoms with E-state index in [0.717, 1.165) is 5.56 Å². The Morgan fingerprint density at radius 1 is 1.53 bits per heavy atom. The Kier molecular flexibility index (Phi) is 3.42. The highest BCUT2D eigenvalue weighted by atomic mass is 16.4. The Balaban J connectivity index is 2.72. The molecule has 0 aliphatic carbocycles. The van der Waals surface area contributed by atoms with Crippen LogP contribution in [0.5, 0.6) is 0 Å². The zero-order chi connectivity index (χ0) is 11.5. The fourth-order valence-electron chi connectivity index (χ4n) is 1.37. The summed E-state index contributed by atoms with van der Waals surface area (Å²) in [6.07, 6.45) is 3.72. The van der Waals surface area contributed by atoms with Crippen LogP contribution in [-0.2, 0) is 4.79 Å². The van der Waals surface area contributed by atoms with Gasteiger partial charge in [0.15, 0.2) is 0 Å². The van der Waals surface area contributed by atoms with E-state index in [4.69, 9.17) is 10.8 Å². The molecule has 3 N–H and O–H groups in total. The maximum Gasteiger partial charge on any atom is 0.309 e. The van der Waals surface area contributed by atoms with Gasteiger partial charge in [0.2, 0.25) is 0 Å². The molecular formula is C11H16N2O2. The van der Waals surface area contributed by atoms with Gasteiger partial charge >= 0.3 is 5.97 Å². The van der Waals surface area contributed by atoms with Gasteiger partial charge in [0.05, 0.1) is 5.41 Å². The zero-order valence-corrected chi connectivity index (χ0v) is 8.97. The second-order valence-electron chi connectivity index (χ2n) is 4.28. The standard InChI is InChI=1S/C11H16N2O2/c1-11(2,10(14)15)7-9(12)8-3-5-13-6-4-8/h3-6,9H,7,12H2,1-2H3,(H,14,15). The van der Waals surface area contributed by atoms with Crippen molar-refractivity contribution in [1.82, 2.24) is 4.98 Å². The first kappa shape index (κ1) is 11.7. The van der Waals surface area contributed by atoms with E-state index >= 15 is 0 Å². The third-order valence-electron chi connectivity index (χ3n) is 2.44. The molecule has 4 nitrogen and oxygen atoms in total. The third-order valence-corrected chi connectivity index (χ3v) is 2.44. The van der Waals surface area contributed by atoms with Crippen molar-refractivity contribution in [3.05, 3.63) is 30.1 Å². The van der Waals surface area contributed by atoms with Crippen molar-refractivity contribution in [3.63, 3.8) is 0 Å². The normalized spacial score (nSPS) is 13.5. The highest BCUT2D eigenvalue weighted by molar-refractivity contribution is 5.73. The Morgan fingerprint density at radius 3 is 2.53 bits per heavy atom. The van der Waals surface area contributed by atoms with Crippen LogP contribution in [0.3, 0.4) is 0 Å². The molecule has 1 heterocycles. The summed E-state index contributed by atoms with van der Waals surface area (Å²) in [4.78, 5) is 14.8. The van der Waals surface area contributed by atoms with Crippen LogP contribution in [0.2, 0.25) is 0 Å². The molecule has 0 aliphatic heterocycles. The number of hydrogen-bond donors (Lipinski definition) is 2. The fraction of sp³-hybridized carbons (Fsp3) is 0.455. The molecule has 1 aromatic rings. The van der Waals surface area contributed by atoms with Gasteiger partial charge in [-0.3, -0.25) is 9.78 Å². The molecule has 0 saturated carbocycles. The number of nitrogens with two attached hydrogens (primary N) is 1. The van der Waals surface area contributed by atoms with Gasteiger partial charge in [-0.1, -0.05) is 0 Å². The summed E-state index contributed by atoms with van der Waals surface area (Å²) in [5.41, 5.74) is 6.04. The highest BCUT2D eigenvalue weighted by Crippen LogP contribution is 2.28. The van der Waals surface area contributed by atoms with E-state index < -0.39 is 11.4 Å². The van der Waals surface area contributed by atoms with Gasteiger partial charge in [0, 0.05) is 18.4 Å². The maximum absolute atomic E-state index is 10.9. The highest BCUT2D eigenvalue weighted by Gasteiger charge is 2.29. The summed E-state index contributed by atoms with van der Waals surface area (Å²) in [6.45, 7) is 3.35. The lowest BCUT2D eigenvalue weighted by atomic mass is 9.84. The second kappa shape index (κ2) is 4.40. The van der Waals surface area contributed by atoms with Crippen LogP contribution in [0.1, 0.15) is 31.9 Å². The molecule has 0 bridgehead atoms. The number of carboxylic acid groups (broad SMARTS) is 1. The van der Waals surface area contributed by atoms with Crippen LogP contribution in [0.25, 0.3) is 0 Å². The lowest BCUT2D eigenvalue weighted by Crippen LogP contribution is -2.28. The van der Waals surface area contributed by atoms with Crippen molar-refractivity contribution >= 4 is 5.97 Å². The zero-order valence-electron chi connectivity index (χ0n) is 8.97. The molecule has 0 saturated heterocycles. The van der Waals surface area contributed by atoms with Crippen molar-refractivity contribution < 1.29 is 9.90 Å². The molecule has 1 aromatic heterocycles. The first-order valence-corrected chi connectivity index (χ1v) is 4.82. The van der Waals surface area contributed by atoms with Crippen LogP contribution in [0, 0.1) is 5.41 Å². The topological polar surface area (TPSA) is 76.2 Å². The average Bonchev–Trinajstić information content (AvgIpc) is 2.18. The number of rotatable bonds is 4. The quantitative estimate of drug-likeness (QED) is 0.787. The number of hydrogen-bond acceptors (Lipinski definition) is 3. The summed E-state index contributed by atoms with van der Waals surface area (Å²) >= 11 is 0. The van der Waals surface area contributed by atoms with Crippen molar-refractivity contribution in [2.24, 2.45) is 11.1 Å². The van der Waals surface area contributed by atoms with E-state index in [1.54, 1.807) is 26.2 Å². The van der Waals surface area contributed by atoms with Crippen LogP contribution in [-0.4, -0.2) is 16.1 Å². The maximum atomic E-state index is 10.9. The van der Waals surface area contributed by atoms with Gasteiger partial charge in [0.25, 0.3) is 0 Å². The summed E-state index contributed by atoms with van der Waals surface area (Å²) in [5.74, 6) is -0.827. The van der Waals surface area contributed by atoms with Gasteiger partial charge in [-0.15, -0.1) is 0 Å². The number of carbonyl (C=O) groups is 1. The molecule has 1 rings (SSSR count). The molecule has 15 heavy (non-hydrogen) atoms. The Hall–Kier alpha value is -1.42. The summed E-state index contributed by atoms with van der Waals surface area (Å²) in [7, 11) is 0. The minimum atomic E-state index is -0.827. The van der Waals surface area contributed by atoms with E-state index in [9.17, 15) is 4.79 Å². The molecule has 0 amide bonds. The second-order valence-corrected chi connectivity index (χ2v) is 4.28. The molecule has 0 fully saturated rings. The SMILES string of the molecule is CC(C)(CC(N)c1ccncc1)C(=O)O. The van der Waals surface area contributed by atoms with Crippen LogP contribution in [0.4, 0.5) is 0 Å². The van der Waals surface area contributed by atoms with Crippen LogP contribution >= 0.6 is 0 Å². The van der Waals surface area contributed by atoms with Gasteiger partial charge in [0.1, 0.15) is 0 Å². The van der Waals surface area contributed by atoms with Crippen molar-refractivity contribution in [1.29, 1.82) is 0 Å². The lowest BCUT2D eigenvalue weighted by Gasteiger charge is -2.23. The minimum absolute atomic E-state index is 0.265. The predicted molar refractivity (Wildman–Crippen MR) is 57.2 cm³/mol. The van der Waals surface area contributed by atoms with Gasteiger partial charge in [-0.25, -0.2) is 0 Å². The van der Waals surface area contributed by atoms with Crippen LogP contribution in [0.15, 0.2) is 24.5 Å². The first-order valence-electron chi connectivity index (χ1n) is 4.82. The number of carboxylic acids is 1. The Bertz CT molecular complexity index is 336. The average molecular weight is 208 g/mol. The monoisotopic (exact) mass is 208 g/mol. The molecule has 0 aliphatic rings. The molecular weight excluding hydrogens is 192 g/mol. The molecule has 0 aromatic carbocycles. The van der Waals surface area contributed by atoms with E-state index in [2.05, 4.69) is 4.98 Å².